The van der Waals surface area contributed by atoms with Crippen molar-refractivity contribution in [1.29, 1.82) is 0 Å². The van der Waals surface area contributed by atoms with Crippen LogP contribution >= 0.6 is 0 Å². The fourth-order valence-electron chi connectivity index (χ4n) is 1.81. The minimum atomic E-state index is 0.371. The predicted molar refractivity (Wildman–Crippen MR) is 68.7 cm³/mol. The monoisotopic (exact) mass is 221 g/mol. The van der Waals surface area contributed by atoms with Gasteiger partial charge in [-0.3, -0.25) is 0 Å². The number of nitrogens with one attached hydrogen (secondary N) is 1. The lowest BCUT2D eigenvalue weighted by Gasteiger charge is -2.20. The lowest BCUT2D eigenvalue weighted by atomic mass is 10.1. The van der Waals surface area contributed by atoms with E-state index in [0.29, 0.717) is 12.1 Å². The zero-order chi connectivity index (χ0) is 12.0. The molecule has 16 heavy (non-hydrogen) atoms. The van der Waals surface area contributed by atoms with Crippen LogP contribution in [0.25, 0.3) is 0 Å². The maximum Gasteiger partial charge on any atom is 0.0616 e. The van der Waals surface area contributed by atoms with E-state index in [-0.39, 0.29) is 0 Å². The second kappa shape index (κ2) is 6.66. The summed E-state index contributed by atoms with van der Waals surface area (Å²) in [7, 11) is 0. The highest BCUT2D eigenvalue weighted by atomic mass is 16.5. The van der Waals surface area contributed by atoms with Crippen molar-refractivity contribution in [1.82, 2.24) is 5.32 Å². The van der Waals surface area contributed by atoms with Crippen molar-refractivity contribution in [3.63, 3.8) is 0 Å². The summed E-state index contributed by atoms with van der Waals surface area (Å²) < 4.78 is 5.39. The molecule has 0 fully saturated rings. The van der Waals surface area contributed by atoms with Gasteiger partial charge in [-0.05, 0) is 33.3 Å². The van der Waals surface area contributed by atoms with Crippen LogP contribution in [0.4, 0.5) is 0 Å². The molecule has 1 aromatic rings. The Hall–Kier alpha value is -0.860. The number of rotatable bonds is 6. The second-order valence-corrected chi connectivity index (χ2v) is 4.36. The van der Waals surface area contributed by atoms with Gasteiger partial charge in [0, 0.05) is 18.7 Å². The van der Waals surface area contributed by atoms with Gasteiger partial charge in [0.25, 0.3) is 0 Å². The topological polar surface area (TPSA) is 21.3 Å². The third kappa shape index (κ3) is 4.33. The molecule has 0 spiro atoms. The van der Waals surface area contributed by atoms with E-state index in [2.05, 4.69) is 50.4 Å². The second-order valence-electron chi connectivity index (χ2n) is 4.36. The SMILES string of the molecule is CCOCC(C)NC(C)c1cccc(C)c1. The first-order valence-corrected chi connectivity index (χ1v) is 6.03. The van der Waals surface area contributed by atoms with Gasteiger partial charge in [-0.15, -0.1) is 0 Å². The molecule has 0 saturated heterocycles. The Kier molecular flexibility index (Phi) is 5.50. The number of hydrogen-bond donors (Lipinski definition) is 1. The summed E-state index contributed by atoms with van der Waals surface area (Å²) in [4.78, 5) is 0. The van der Waals surface area contributed by atoms with Gasteiger partial charge in [-0.1, -0.05) is 29.8 Å². The Morgan fingerprint density at radius 3 is 2.69 bits per heavy atom. The molecule has 0 amide bonds. The van der Waals surface area contributed by atoms with Crippen LogP contribution in [0.2, 0.25) is 0 Å². The van der Waals surface area contributed by atoms with Gasteiger partial charge in [-0.25, -0.2) is 0 Å². The summed E-state index contributed by atoms with van der Waals surface area (Å²) in [6.45, 7) is 10.0. The molecule has 0 heterocycles. The minimum absolute atomic E-state index is 0.371. The Morgan fingerprint density at radius 2 is 2.06 bits per heavy atom. The first kappa shape index (κ1) is 13.2. The smallest absolute Gasteiger partial charge is 0.0616 e. The van der Waals surface area contributed by atoms with Gasteiger partial charge < -0.3 is 10.1 Å². The van der Waals surface area contributed by atoms with E-state index in [4.69, 9.17) is 4.74 Å². The Balaban J connectivity index is 2.48. The van der Waals surface area contributed by atoms with Crippen LogP contribution in [0.3, 0.4) is 0 Å². The number of ether oxygens (including phenoxy) is 1. The highest BCUT2D eigenvalue weighted by Gasteiger charge is 2.09. The fraction of sp³-hybridized carbons (Fsp3) is 0.571. The normalized spacial score (nSPS) is 14.8. The molecule has 2 atom stereocenters. The molecule has 1 aromatic carbocycles. The molecule has 0 radical (unpaired) electrons. The maximum atomic E-state index is 5.39. The molecule has 0 aliphatic carbocycles. The molecule has 0 aliphatic rings. The van der Waals surface area contributed by atoms with Gasteiger partial charge in [0.2, 0.25) is 0 Å². The van der Waals surface area contributed by atoms with Gasteiger partial charge >= 0.3 is 0 Å². The first-order chi connectivity index (χ1) is 7.63. The maximum absolute atomic E-state index is 5.39. The van der Waals surface area contributed by atoms with E-state index in [1.807, 2.05) is 6.92 Å². The standard InChI is InChI=1S/C14H23NO/c1-5-16-10-12(3)15-13(4)14-8-6-7-11(2)9-14/h6-9,12-13,15H,5,10H2,1-4H3. The van der Waals surface area contributed by atoms with Crippen LogP contribution in [0, 0.1) is 6.92 Å². The summed E-state index contributed by atoms with van der Waals surface area (Å²) in [6, 6.07) is 9.38. The number of hydrogen-bond acceptors (Lipinski definition) is 2. The van der Waals surface area contributed by atoms with E-state index in [0.717, 1.165) is 13.2 Å². The van der Waals surface area contributed by atoms with Gasteiger partial charge in [0.05, 0.1) is 6.61 Å². The summed E-state index contributed by atoms with van der Waals surface area (Å²) in [5.41, 5.74) is 2.65. The van der Waals surface area contributed by atoms with Gasteiger partial charge in [0.15, 0.2) is 0 Å². The molecule has 0 aliphatic heterocycles. The molecule has 1 rings (SSSR count). The summed E-state index contributed by atoms with van der Waals surface area (Å²) in [6.07, 6.45) is 0. The molecule has 0 saturated carbocycles. The van der Waals surface area contributed by atoms with Gasteiger partial charge in [-0.2, -0.15) is 0 Å². The summed E-state index contributed by atoms with van der Waals surface area (Å²) in [5, 5.41) is 3.53. The Bertz CT molecular complexity index is 311. The molecule has 2 nitrogen and oxygen atoms in total. The van der Waals surface area contributed by atoms with E-state index in [9.17, 15) is 0 Å². The summed E-state index contributed by atoms with van der Waals surface area (Å²) in [5.74, 6) is 0. The van der Waals surface area contributed by atoms with Crippen LogP contribution in [0.15, 0.2) is 24.3 Å². The van der Waals surface area contributed by atoms with Crippen molar-refractivity contribution in [3.05, 3.63) is 35.4 Å². The predicted octanol–water partition coefficient (Wildman–Crippen LogP) is 3.07. The van der Waals surface area contributed by atoms with E-state index in [1.54, 1.807) is 0 Å². The highest BCUT2D eigenvalue weighted by Crippen LogP contribution is 2.14. The zero-order valence-corrected chi connectivity index (χ0v) is 10.8. The van der Waals surface area contributed by atoms with Crippen molar-refractivity contribution in [2.24, 2.45) is 0 Å². The largest absolute Gasteiger partial charge is 0.380 e. The van der Waals surface area contributed by atoms with Crippen molar-refractivity contribution in [3.8, 4) is 0 Å². The van der Waals surface area contributed by atoms with Crippen molar-refractivity contribution < 1.29 is 4.74 Å². The number of benzene rings is 1. The minimum Gasteiger partial charge on any atom is -0.380 e. The molecule has 2 unspecified atom stereocenters. The van der Waals surface area contributed by atoms with Crippen LogP contribution < -0.4 is 5.32 Å². The van der Waals surface area contributed by atoms with E-state index >= 15 is 0 Å². The quantitative estimate of drug-likeness (QED) is 0.797. The van der Waals surface area contributed by atoms with Crippen LogP contribution in [-0.4, -0.2) is 19.3 Å². The molecular formula is C14H23NO. The Morgan fingerprint density at radius 1 is 1.31 bits per heavy atom. The van der Waals surface area contributed by atoms with E-state index < -0.39 is 0 Å². The van der Waals surface area contributed by atoms with E-state index in [1.165, 1.54) is 11.1 Å². The van der Waals surface area contributed by atoms with Crippen LogP contribution in [0.1, 0.15) is 37.9 Å². The van der Waals surface area contributed by atoms with Crippen LogP contribution in [-0.2, 0) is 4.74 Å². The highest BCUT2D eigenvalue weighted by molar-refractivity contribution is 5.24. The lowest BCUT2D eigenvalue weighted by Crippen LogP contribution is -2.32. The molecule has 0 aromatic heterocycles. The third-order valence-corrected chi connectivity index (χ3v) is 2.65. The van der Waals surface area contributed by atoms with Crippen LogP contribution in [0.5, 0.6) is 0 Å². The first-order valence-electron chi connectivity index (χ1n) is 6.03. The average Bonchev–Trinajstić information content (AvgIpc) is 2.26. The molecule has 90 valence electrons. The average molecular weight is 221 g/mol. The molecule has 0 bridgehead atoms. The fourth-order valence-corrected chi connectivity index (χ4v) is 1.81. The van der Waals surface area contributed by atoms with Gasteiger partial charge in [0.1, 0.15) is 0 Å². The molecular weight excluding hydrogens is 198 g/mol. The third-order valence-electron chi connectivity index (χ3n) is 2.65. The summed E-state index contributed by atoms with van der Waals surface area (Å²) >= 11 is 0. The Labute approximate surface area is 99.0 Å². The number of aryl methyl sites for hydroxylation is 1. The van der Waals surface area contributed by atoms with Crippen molar-refractivity contribution >= 4 is 0 Å². The molecule has 1 N–H and O–H groups in total. The lowest BCUT2D eigenvalue weighted by molar-refractivity contribution is 0.124. The zero-order valence-electron chi connectivity index (χ0n) is 10.8. The van der Waals surface area contributed by atoms with Crippen molar-refractivity contribution in [2.45, 2.75) is 39.8 Å². The molecule has 2 heteroatoms. The van der Waals surface area contributed by atoms with Crippen molar-refractivity contribution in [2.75, 3.05) is 13.2 Å².